The topological polar surface area (TPSA) is 84.7 Å². The van der Waals surface area contributed by atoms with Crippen molar-refractivity contribution < 1.29 is 4.79 Å². The lowest BCUT2D eigenvalue weighted by Crippen LogP contribution is -2.43. The average Bonchev–Trinajstić information content (AvgIpc) is 2.68. The third-order valence-electron chi connectivity index (χ3n) is 2.09. The highest BCUT2D eigenvalue weighted by molar-refractivity contribution is 5.74. The molecule has 1 atom stereocenters. The van der Waals surface area contributed by atoms with Gasteiger partial charge in [-0.05, 0) is 11.1 Å². The monoisotopic (exact) mass is 236 g/mol. The maximum atomic E-state index is 11.5. The van der Waals surface area contributed by atoms with Crippen LogP contribution in [-0.4, -0.2) is 32.3 Å². The van der Waals surface area contributed by atoms with Crippen molar-refractivity contribution in [1.82, 2.24) is 30.8 Å². The van der Waals surface area contributed by atoms with Crippen molar-refractivity contribution in [3.05, 3.63) is 5.82 Å². The van der Waals surface area contributed by atoms with Crippen molar-refractivity contribution in [2.24, 2.45) is 13.0 Å². The molecular weight excluding hydrogens is 220 g/mol. The van der Waals surface area contributed by atoms with Crippen molar-refractivity contribution in [1.29, 1.82) is 0 Å². The van der Waals surface area contributed by atoms with Gasteiger partial charge in [0, 0.05) is 0 Å². The molecule has 7 heteroatoms. The average molecular weight is 236 g/mol. The van der Waals surface area contributed by atoms with E-state index in [1.807, 2.05) is 13.8 Å². The SMILES string of the molecule is C#CC(NC(=O)NCc1nnn(C)n1)C(C)C. The molecule has 0 aliphatic carbocycles. The van der Waals surface area contributed by atoms with Gasteiger partial charge in [0.1, 0.15) is 0 Å². The van der Waals surface area contributed by atoms with E-state index in [-0.39, 0.29) is 24.5 Å². The standard InChI is InChI=1S/C10H16N6O/c1-5-8(7(2)3)12-10(17)11-6-9-13-15-16(4)14-9/h1,7-8H,6H2,2-4H3,(H2,11,12,17). The first-order chi connectivity index (χ1) is 8.02. The molecule has 1 heterocycles. The van der Waals surface area contributed by atoms with Crippen LogP contribution >= 0.6 is 0 Å². The molecule has 1 rings (SSSR count). The Morgan fingerprint density at radius 1 is 1.59 bits per heavy atom. The number of hydrogen-bond donors (Lipinski definition) is 2. The van der Waals surface area contributed by atoms with Gasteiger partial charge in [0.05, 0.1) is 19.6 Å². The summed E-state index contributed by atoms with van der Waals surface area (Å²) in [6, 6.07) is -0.626. The van der Waals surface area contributed by atoms with Gasteiger partial charge in [0.25, 0.3) is 0 Å². The van der Waals surface area contributed by atoms with E-state index in [1.54, 1.807) is 7.05 Å². The molecule has 0 saturated carbocycles. The predicted octanol–water partition coefficient (Wildman–Crippen LogP) is -0.333. The molecule has 2 N–H and O–H groups in total. The summed E-state index contributed by atoms with van der Waals surface area (Å²) in [5.74, 6) is 3.14. The highest BCUT2D eigenvalue weighted by Crippen LogP contribution is 1.99. The molecular formula is C10H16N6O. The van der Waals surface area contributed by atoms with Crippen LogP contribution in [-0.2, 0) is 13.6 Å². The molecule has 1 aromatic rings. The number of nitrogens with zero attached hydrogens (tertiary/aromatic N) is 4. The Labute approximate surface area is 100.0 Å². The van der Waals surface area contributed by atoms with Gasteiger partial charge >= 0.3 is 6.03 Å². The number of aromatic nitrogens is 4. The van der Waals surface area contributed by atoms with Crippen LogP contribution in [0.2, 0.25) is 0 Å². The highest BCUT2D eigenvalue weighted by atomic mass is 16.2. The number of amides is 2. The molecule has 2 amide bonds. The van der Waals surface area contributed by atoms with Crippen LogP contribution in [0.4, 0.5) is 4.79 Å². The van der Waals surface area contributed by atoms with Gasteiger partial charge in [-0.25, -0.2) is 4.79 Å². The third-order valence-corrected chi connectivity index (χ3v) is 2.09. The van der Waals surface area contributed by atoms with E-state index < -0.39 is 0 Å². The van der Waals surface area contributed by atoms with Gasteiger partial charge in [0.15, 0.2) is 5.82 Å². The quantitative estimate of drug-likeness (QED) is 0.701. The minimum absolute atomic E-state index is 0.181. The fourth-order valence-corrected chi connectivity index (χ4v) is 1.15. The lowest BCUT2D eigenvalue weighted by molar-refractivity contribution is 0.236. The molecule has 17 heavy (non-hydrogen) atoms. The summed E-state index contributed by atoms with van der Waals surface area (Å²) in [6.45, 7) is 4.10. The van der Waals surface area contributed by atoms with E-state index in [4.69, 9.17) is 6.42 Å². The first-order valence-electron chi connectivity index (χ1n) is 5.26. The lowest BCUT2D eigenvalue weighted by atomic mass is 10.1. The molecule has 1 unspecified atom stereocenters. The summed E-state index contributed by atoms with van der Waals surface area (Å²) < 4.78 is 0. The Morgan fingerprint density at radius 3 is 2.76 bits per heavy atom. The summed E-state index contributed by atoms with van der Waals surface area (Å²) in [6.07, 6.45) is 5.30. The van der Waals surface area contributed by atoms with E-state index in [0.717, 1.165) is 0 Å². The fraction of sp³-hybridized carbons (Fsp3) is 0.600. The first-order valence-corrected chi connectivity index (χ1v) is 5.26. The summed E-state index contributed by atoms with van der Waals surface area (Å²) in [5, 5.41) is 16.6. The summed E-state index contributed by atoms with van der Waals surface area (Å²) in [4.78, 5) is 12.8. The number of terminal acetylenes is 1. The minimum Gasteiger partial charge on any atom is -0.331 e. The van der Waals surface area contributed by atoms with E-state index in [9.17, 15) is 4.79 Å². The second-order valence-corrected chi connectivity index (χ2v) is 3.91. The van der Waals surface area contributed by atoms with E-state index in [2.05, 4.69) is 32.0 Å². The van der Waals surface area contributed by atoms with E-state index in [1.165, 1.54) is 4.80 Å². The third kappa shape index (κ3) is 4.10. The summed E-state index contributed by atoms with van der Waals surface area (Å²) in [7, 11) is 1.66. The summed E-state index contributed by atoms with van der Waals surface area (Å²) in [5.41, 5.74) is 0. The van der Waals surface area contributed by atoms with Crippen molar-refractivity contribution in [3.63, 3.8) is 0 Å². The van der Waals surface area contributed by atoms with Crippen LogP contribution in [0.25, 0.3) is 0 Å². The van der Waals surface area contributed by atoms with Crippen LogP contribution in [0, 0.1) is 18.3 Å². The van der Waals surface area contributed by atoms with Crippen LogP contribution in [0.3, 0.4) is 0 Å². The highest BCUT2D eigenvalue weighted by Gasteiger charge is 2.13. The number of carbonyl (C=O) groups excluding carboxylic acids is 1. The molecule has 0 spiro atoms. The van der Waals surface area contributed by atoms with Gasteiger partial charge in [-0.3, -0.25) is 0 Å². The van der Waals surface area contributed by atoms with Gasteiger partial charge in [-0.2, -0.15) is 4.80 Å². The number of rotatable bonds is 4. The molecule has 92 valence electrons. The minimum atomic E-state index is -0.339. The van der Waals surface area contributed by atoms with Crippen LogP contribution < -0.4 is 10.6 Å². The molecule has 0 aromatic carbocycles. The zero-order chi connectivity index (χ0) is 12.8. The predicted molar refractivity (Wildman–Crippen MR) is 61.6 cm³/mol. The number of nitrogens with one attached hydrogen (secondary N) is 2. The number of tetrazole rings is 1. The van der Waals surface area contributed by atoms with Gasteiger partial charge < -0.3 is 10.6 Å². The second-order valence-electron chi connectivity index (χ2n) is 3.91. The number of urea groups is 1. The zero-order valence-corrected chi connectivity index (χ0v) is 10.1. The van der Waals surface area contributed by atoms with Crippen LogP contribution in [0.15, 0.2) is 0 Å². The number of hydrogen-bond acceptors (Lipinski definition) is 4. The van der Waals surface area contributed by atoms with Gasteiger partial charge in [-0.1, -0.05) is 19.8 Å². The molecule has 7 nitrogen and oxygen atoms in total. The Kier molecular flexibility index (Phi) is 4.46. The van der Waals surface area contributed by atoms with E-state index >= 15 is 0 Å². The number of carbonyl (C=O) groups is 1. The molecule has 0 radical (unpaired) electrons. The van der Waals surface area contributed by atoms with Crippen molar-refractivity contribution in [2.75, 3.05) is 0 Å². The Balaban J connectivity index is 2.38. The van der Waals surface area contributed by atoms with Crippen molar-refractivity contribution in [3.8, 4) is 12.3 Å². The molecule has 1 aromatic heterocycles. The van der Waals surface area contributed by atoms with Gasteiger partial charge in [0.2, 0.25) is 0 Å². The molecule has 0 fully saturated rings. The largest absolute Gasteiger partial charge is 0.331 e. The normalized spacial score (nSPS) is 11.9. The first kappa shape index (κ1) is 13.0. The zero-order valence-electron chi connectivity index (χ0n) is 10.1. The Bertz CT molecular complexity index is 419. The van der Waals surface area contributed by atoms with Crippen LogP contribution in [0.5, 0.6) is 0 Å². The van der Waals surface area contributed by atoms with Gasteiger partial charge in [-0.15, -0.1) is 16.6 Å². The molecule has 0 saturated heterocycles. The lowest BCUT2D eigenvalue weighted by Gasteiger charge is -2.16. The van der Waals surface area contributed by atoms with Crippen molar-refractivity contribution in [2.45, 2.75) is 26.4 Å². The molecule has 0 bridgehead atoms. The van der Waals surface area contributed by atoms with Crippen LogP contribution in [0.1, 0.15) is 19.7 Å². The Morgan fingerprint density at radius 2 is 2.29 bits per heavy atom. The second kappa shape index (κ2) is 5.84. The fourth-order valence-electron chi connectivity index (χ4n) is 1.15. The van der Waals surface area contributed by atoms with E-state index in [0.29, 0.717) is 5.82 Å². The maximum Gasteiger partial charge on any atom is 0.316 e. The summed E-state index contributed by atoms with van der Waals surface area (Å²) >= 11 is 0. The molecule has 0 aliphatic heterocycles. The number of aryl methyl sites for hydroxylation is 1. The maximum absolute atomic E-state index is 11.5. The van der Waals surface area contributed by atoms with Crippen molar-refractivity contribution >= 4 is 6.03 Å². The smallest absolute Gasteiger partial charge is 0.316 e. The molecule has 0 aliphatic rings. The Hall–Kier alpha value is -2.10.